The fourth-order valence-electron chi connectivity index (χ4n) is 2.61. The molecule has 3 aromatic rings. The second kappa shape index (κ2) is 10.0. The average molecular weight is 424 g/mol. The van der Waals surface area contributed by atoms with Crippen LogP contribution < -0.4 is 15.6 Å². The Labute approximate surface area is 177 Å². The number of aromatic nitrogens is 3. The molecule has 0 radical (unpaired) electrons. The van der Waals surface area contributed by atoms with Crippen molar-refractivity contribution in [3.63, 3.8) is 0 Å². The minimum Gasteiger partial charge on any atom is -0.492 e. The Morgan fingerprint density at radius 2 is 1.81 bits per heavy atom. The van der Waals surface area contributed by atoms with Gasteiger partial charge in [-0.15, -0.1) is 0 Å². The Morgan fingerprint density at radius 1 is 1.03 bits per heavy atom. The van der Waals surface area contributed by atoms with E-state index in [0.29, 0.717) is 5.75 Å². The Balaban J connectivity index is 1.52. The number of carbonyl (C=O) groups is 3. The number of carbonyl (C=O) groups excluding carboxylic acids is 3. The topological polar surface area (TPSA) is 122 Å². The third kappa shape index (κ3) is 5.89. The average Bonchev–Trinajstić information content (AvgIpc) is 3.20. The van der Waals surface area contributed by atoms with Crippen molar-refractivity contribution in [1.82, 2.24) is 19.7 Å². The van der Waals surface area contributed by atoms with Gasteiger partial charge in [0.2, 0.25) is 0 Å². The number of esters is 1. The molecule has 0 spiro atoms. The molecule has 0 unspecified atom stereocenters. The van der Waals surface area contributed by atoms with Crippen molar-refractivity contribution < 1.29 is 23.9 Å². The number of hydrogen-bond acceptors (Lipinski definition) is 7. The van der Waals surface area contributed by atoms with E-state index in [0.717, 1.165) is 4.68 Å². The van der Waals surface area contributed by atoms with Crippen molar-refractivity contribution in [2.24, 2.45) is 7.05 Å². The number of nitrogens with one attached hydrogen (secondary N) is 1. The van der Waals surface area contributed by atoms with Gasteiger partial charge in [0.1, 0.15) is 18.1 Å². The van der Waals surface area contributed by atoms with Crippen LogP contribution in [0.4, 0.5) is 0 Å². The van der Waals surface area contributed by atoms with Crippen LogP contribution in [0.25, 0.3) is 0 Å². The van der Waals surface area contributed by atoms with Crippen molar-refractivity contribution in [3.8, 4) is 5.75 Å². The Morgan fingerprint density at radius 3 is 2.52 bits per heavy atom. The van der Waals surface area contributed by atoms with Gasteiger partial charge in [-0.1, -0.05) is 18.2 Å². The summed E-state index contributed by atoms with van der Waals surface area (Å²) in [6.45, 7) is -0.396. The molecule has 0 aliphatic rings. The van der Waals surface area contributed by atoms with Gasteiger partial charge in [-0.05, 0) is 30.3 Å². The zero-order chi connectivity index (χ0) is 22.2. The first-order valence-electron chi connectivity index (χ1n) is 9.32. The molecule has 0 fully saturated rings. The summed E-state index contributed by atoms with van der Waals surface area (Å²) < 4.78 is 13.0. The highest BCUT2D eigenvalue weighted by Gasteiger charge is 2.16. The fraction of sp³-hybridized carbons (Fsp3) is 0.190. The lowest BCUT2D eigenvalue weighted by molar-refractivity contribution is -0.123. The SMILES string of the molecule is Cn1cccc1C(=O)NC(=O)COC(=O)c1ccc(=O)n(CCOc2ccccc2)n1. The van der Waals surface area contributed by atoms with E-state index in [2.05, 4.69) is 10.4 Å². The zero-order valence-electron chi connectivity index (χ0n) is 16.7. The van der Waals surface area contributed by atoms with Gasteiger partial charge in [-0.3, -0.25) is 19.7 Å². The molecule has 0 aliphatic carbocycles. The predicted octanol–water partition coefficient (Wildman–Crippen LogP) is 0.774. The number of ether oxygens (including phenoxy) is 2. The minimum atomic E-state index is -0.904. The Kier molecular flexibility index (Phi) is 6.94. The molecule has 0 atom stereocenters. The van der Waals surface area contributed by atoms with Gasteiger partial charge in [0.05, 0.1) is 6.54 Å². The monoisotopic (exact) mass is 424 g/mol. The first-order valence-corrected chi connectivity index (χ1v) is 9.32. The third-order valence-corrected chi connectivity index (χ3v) is 4.15. The van der Waals surface area contributed by atoms with Crippen molar-refractivity contribution >= 4 is 17.8 Å². The van der Waals surface area contributed by atoms with Crippen molar-refractivity contribution in [2.45, 2.75) is 6.54 Å². The summed E-state index contributed by atoms with van der Waals surface area (Å²) in [5.41, 5.74) is -0.286. The van der Waals surface area contributed by atoms with Gasteiger partial charge in [0.15, 0.2) is 12.3 Å². The summed E-state index contributed by atoms with van der Waals surface area (Å²) in [4.78, 5) is 48.0. The molecule has 31 heavy (non-hydrogen) atoms. The molecule has 3 rings (SSSR count). The van der Waals surface area contributed by atoms with E-state index < -0.39 is 29.9 Å². The highest BCUT2D eigenvalue weighted by atomic mass is 16.5. The van der Waals surface area contributed by atoms with E-state index >= 15 is 0 Å². The largest absolute Gasteiger partial charge is 0.492 e. The van der Waals surface area contributed by atoms with E-state index in [1.165, 1.54) is 12.1 Å². The number of para-hydroxylation sites is 1. The summed E-state index contributed by atoms with van der Waals surface area (Å²) in [6, 6.07) is 14.6. The molecule has 10 heteroatoms. The second-order valence-corrected chi connectivity index (χ2v) is 6.40. The van der Waals surface area contributed by atoms with Crippen LogP contribution in [-0.4, -0.2) is 45.3 Å². The standard InChI is InChI=1S/C21H20N4O6/c1-24-11-5-8-17(24)20(28)22-18(26)14-31-21(29)16-9-10-19(27)25(23-16)12-13-30-15-6-3-2-4-7-15/h2-11H,12-14H2,1H3,(H,22,26,28). The van der Waals surface area contributed by atoms with Crippen LogP contribution in [-0.2, 0) is 23.1 Å². The Hall–Kier alpha value is -4.21. The second-order valence-electron chi connectivity index (χ2n) is 6.40. The smallest absolute Gasteiger partial charge is 0.359 e. The zero-order valence-corrected chi connectivity index (χ0v) is 16.7. The first-order chi connectivity index (χ1) is 14.9. The molecule has 2 amide bonds. The van der Waals surface area contributed by atoms with Gasteiger partial charge < -0.3 is 14.0 Å². The number of hydrogen-bond donors (Lipinski definition) is 1. The van der Waals surface area contributed by atoms with Gasteiger partial charge in [-0.25, -0.2) is 9.48 Å². The van der Waals surface area contributed by atoms with Gasteiger partial charge >= 0.3 is 5.97 Å². The molecular weight excluding hydrogens is 404 g/mol. The van der Waals surface area contributed by atoms with Crippen LogP contribution >= 0.6 is 0 Å². The Bertz CT molecular complexity index is 1140. The summed E-state index contributed by atoms with van der Waals surface area (Å²) in [5, 5.41) is 6.07. The highest BCUT2D eigenvalue weighted by molar-refractivity contribution is 6.04. The van der Waals surface area contributed by atoms with Crippen LogP contribution in [0.1, 0.15) is 21.0 Å². The summed E-state index contributed by atoms with van der Waals surface area (Å²) in [7, 11) is 1.66. The molecule has 1 N–H and O–H groups in total. The molecule has 160 valence electrons. The molecular formula is C21H20N4O6. The van der Waals surface area contributed by atoms with Crippen LogP contribution in [0.3, 0.4) is 0 Å². The van der Waals surface area contributed by atoms with E-state index in [1.54, 1.807) is 42.1 Å². The van der Waals surface area contributed by atoms with Crippen LogP contribution in [0.2, 0.25) is 0 Å². The van der Waals surface area contributed by atoms with E-state index in [-0.39, 0.29) is 24.5 Å². The van der Waals surface area contributed by atoms with Crippen LogP contribution in [0, 0.1) is 0 Å². The maximum absolute atomic E-state index is 12.2. The van der Waals surface area contributed by atoms with Crippen molar-refractivity contribution in [3.05, 3.63) is 82.5 Å². The number of amides is 2. The molecule has 1 aromatic carbocycles. The normalized spacial score (nSPS) is 10.4. The lowest BCUT2D eigenvalue weighted by Crippen LogP contribution is -2.35. The first kappa shape index (κ1) is 21.5. The van der Waals surface area contributed by atoms with E-state index in [9.17, 15) is 19.2 Å². The number of benzene rings is 1. The molecule has 0 aliphatic heterocycles. The minimum absolute atomic E-state index is 0.112. The highest BCUT2D eigenvalue weighted by Crippen LogP contribution is 2.07. The lowest BCUT2D eigenvalue weighted by Gasteiger charge is -2.09. The summed E-state index contributed by atoms with van der Waals surface area (Å²) in [5.74, 6) is -1.66. The lowest BCUT2D eigenvalue weighted by atomic mass is 10.3. The molecule has 2 aromatic heterocycles. The van der Waals surface area contributed by atoms with Crippen LogP contribution in [0.15, 0.2) is 65.6 Å². The van der Waals surface area contributed by atoms with Gasteiger partial charge in [0, 0.05) is 19.3 Å². The van der Waals surface area contributed by atoms with E-state index in [1.807, 2.05) is 18.2 Å². The van der Waals surface area contributed by atoms with E-state index in [4.69, 9.17) is 9.47 Å². The van der Waals surface area contributed by atoms with Gasteiger partial charge in [0.25, 0.3) is 17.4 Å². The van der Waals surface area contributed by atoms with Crippen molar-refractivity contribution in [2.75, 3.05) is 13.2 Å². The molecule has 0 bridgehead atoms. The maximum atomic E-state index is 12.2. The third-order valence-electron chi connectivity index (χ3n) is 4.15. The number of rotatable bonds is 8. The summed E-state index contributed by atoms with van der Waals surface area (Å²) in [6.07, 6.45) is 1.66. The van der Waals surface area contributed by atoms with Gasteiger partial charge in [-0.2, -0.15) is 5.10 Å². The molecule has 0 saturated heterocycles. The maximum Gasteiger partial charge on any atom is 0.359 e. The molecule has 2 heterocycles. The van der Waals surface area contributed by atoms with Crippen molar-refractivity contribution in [1.29, 1.82) is 0 Å². The molecule has 0 saturated carbocycles. The number of nitrogens with zero attached hydrogens (tertiary/aromatic N) is 3. The number of aryl methyl sites for hydroxylation is 1. The molecule has 10 nitrogen and oxygen atoms in total. The summed E-state index contributed by atoms with van der Waals surface area (Å²) >= 11 is 0. The predicted molar refractivity (Wildman–Crippen MR) is 109 cm³/mol. The fourth-order valence-corrected chi connectivity index (χ4v) is 2.61. The number of imide groups is 1. The quantitative estimate of drug-likeness (QED) is 0.530. The van der Waals surface area contributed by atoms with Crippen LogP contribution in [0.5, 0.6) is 5.75 Å².